The normalized spacial score (nSPS) is 23.6. The van der Waals surface area contributed by atoms with Crippen LogP contribution in [0, 0.1) is 0 Å². The molecule has 2 heterocycles. The van der Waals surface area contributed by atoms with Gasteiger partial charge in [0.1, 0.15) is 11.4 Å². The van der Waals surface area contributed by atoms with Crippen molar-refractivity contribution in [3.63, 3.8) is 0 Å². The molecule has 6 nitrogen and oxygen atoms in total. The van der Waals surface area contributed by atoms with E-state index in [2.05, 4.69) is 10.3 Å². The molecule has 19 heavy (non-hydrogen) atoms. The molecular weight excluding hydrogens is 244 g/mol. The summed E-state index contributed by atoms with van der Waals surface area (Å²) in [4.78, 5) is 30.0. The van der Waals surface area contributed by atoms with E-state index >= 15 is 0 Å². The van der Waals surface area contributed by atoms with Crippen LogP contribution < -0.4 is 5.32 Å². The maximum absolute atomic E-state index is 12.0. The summed E-state index contributed by atoms with van der Waals surface area (Å²) in [6, 6.07) is 0. The first-order valence-electron chi connectivity index (χ1n) is 6.54. The Hall–Kier alpha value is -1.85. The maximum Gasteiger partial charge on any atom is 0.246 e. The first kappa shape index (κ1) is 13.6. The third-order valence-corrected chi connectivity index (χ3v) is 3.95. The van der Waals surface area contributed by atoms with E-state index in [0.29, 0.717) is 19.4 Å². The number of hydrogen-bond acceptors (Lipinski definition) is 3. The highest BCUT2D eigenvalue weighted by molar-refractivity contribution is 5.97. The Bertz CT molecular complexity index is 497. The number of amides is 2. The number of aromatic nitrogens is 2. The largest absolute Gasteiger partial charge is 0.345 e. The minimum absolute atomic E-state index is 0.0295. The summed E-state index contributed by atoms with van der Waals surface area (Å²) < 4.78 is 1.93. The van der Waals surface area contributed by atoms with Crippen molar-refractivity contribution in [1.29, 1.82) is 0 Å². The molecule has 2 amide bonds. The first-order chi connectivity index (χ1) is 8.99. The van der Waals surface area contributed by atoms with Crippen molar-refractivity contribution in [2.24, 2.45) is 7.05 Å². The highest BCUT2D eigenvalue weighted by Crippen LogP contribution is 2.23. The second-order valence-corrected chi connectivity index (χ2v) is 5.06. The number of carbonyl (C=O) groups excluding carboxylic acids is 2. The molecule has 1 fully saturated rings. The van der Waals surface area contributed by atoms with Gasteiger partial charge in [0, 0.05) is 32.4 Å². The Morgan fingerprint density at radius 2 is 2.21 bits per heavy atom. The van der Waals surface area contributed by atoms with Crippen LogP contribution in [0.25, 0.3) is 0 Å². The van der Waals surface area contributed by atoms with Crippen LogP contribution in [0.3, 0.4) is 0 Å². The molecule has 104 valence electrons. The van der Waals surface area contributed by atoms with E-state index in [1.165, 1.54) is 0 Å². The maximum atomic E-state index is 12.0. The molecule has 1 atom stereocenters. The number of aryl methyl sites for hydroxylation is 1. The molecule has 2 rings (SSSR count). The Balaban J connectivity index is 2.13. The number of hydrogen-bond donors (Lipinski definition) is 1. The van der Waals surface area contributed by atoms with Crippen LogP contribution >= 0.6 is 0 Å². The third kappa shape index (κ3) is 2.34. The van der Waals surface area contributed by atoms with Gasteiger partial charge in [-0.05, 0) is 13.3 Å². The van der Waals surface area contributed by atoms with Crippen LogP contribution in [-0.2, 0) is 23.1 Å². The van der Waals surface area contributed by atoms with Gasteiger partial charge in [-0.25, -0.2) is 4.98 Å². The minimum atomic E-state index is -0.750. The number of carbonyl (C=O) groups is 2. The fraction of sp³-hybridized carbons (Fsp3) is 0.615. The topological polar surface area (TPSA) is 67.2 Å². The zero-order chi connectivity index (χ0) is 14.0. The van der Waals surface area contributed by atoms with Gasteiger partial charge in [-0.2, -0.15) is 0 Å². The van der Waals surface area contributed by atoms with Gasteiger partial charge in [0.15, 0.2) is 0 Å². The molecule has 1 unspecified atom stereocenters. The number of imidazole rings is 1. The molecule has 1 N–H and O–H groups in total. The Morgan fingerprint density at radius 1 is 1.47 bits per heavy atom. The van der Waals surface area contributed by atoms with Crippen LogP contribution in [0.1, 0.15) is 26.1 Å². The molecule has 1 saturated heterocycles. The van der Waals surface area contributed by atoms with E-state index in [-0.39, 0.29) is 18.4 Å². The molecule has 0 aromatic carbocycles. The summed E-state index contributed by atoms with van der Waals surface area (Å²) in [6.45, 7) is 4.35. The van der Waals surface area contributed by atoms with E-state index in [9.17, 15) is 9.59 Å². The van der Waals surface area contributed by atoms with E-state index in [1.54, 1.807) is 11.1 Å². The fourth-order valence-corrected chi connectivity index (χ4v) is 2.41. The van der Waals surface area contributed by atoms with Gasteiger partial charge < -0.3 is 14.8 Å². The van der Waals surface area contributed by atoms with Crippen LogP contribution in [0.2, 0.25) is 0 Å². The summed E-state index contributed by atoms with van der Waals surface area (Å²) in [5.41, 5.74) is -0.750. The van der Waals surface area contributed by atoms with Gasteiger partial charge in [0.25, 0.3) is 0 Å². The highest BCUT2D eigenvalue weighted by atomic mass is 16.2. The molecule has 1 aliphatic heterocycles. The van der Waals surface area contributed by atoms with Crippen LogP contribution in [0.15, 0.2) is 12.4 Å². The Labute approximate surface area is 112 Å². The Morgan fingerprint density at radius 3 is 2.79 bits per heavy atom. The number of nitrogens with zero attached hydrogens (tertiary/aromatic N) is 3. The quantitative estimate of drug-likeness (QED) is 0.838. The van der Waals surface area contributed by atoms with Gasteiger partial charge in [0.2, 0.25) is 11.8 Å². The summed E-state index contributed by atoms with van der Waals surface area (Å²) >= 11 is 0. The van der Waals surface area contributed by atoms with Crippen LogP contribution in [-0.4, -0.2) is 44.9 Å². The zero-order valence-electron chi connectivity index (χ0n) is 11.6. The van der Waals surface area contributed by atoms with Crippen molar-refractivity contribution < 1.29 is 9.59 Å². The van der Waals surface area contributed by atoms with E-state index in [4.69, 9.17) is 0 Å². The lowest BCUT2D eigenvalue weighted by Crippen LogP contribution is -2.65. The zero-order valence-corrected chi connectivity index (χ0v) is 11.6. The van der Waals surface area contributed by atoms with Crippen LogP contribution in [0.5, 0.6) is 0 Å². The van der Waals surface area contributed by atoms with Crippen molar-refractivity contribution in [1.82, 2.24) is 19.8 Å². The molecule has 1 aromatic heterocycles. The molecular formula is C13H20N4O2. The van der Waals surface area contributed by atoms with Crippen molar-refractivity contribution in [3.8, 4) is 0 Å². The van der Waals surface area contributed by atoms with E-state index in [0.717, 1.165) is 5.82 Å². The second-order valence-electron chi connectivity index (χ2n) is 5.06. The summed E-state index contributed by atoms with van der Waals surface area (Å²) in [5, 5.41) is 2.66. The number of piperazine rings is 1. The Kier molecular flexibility index (Phi) is 3.59. The smallest absolute Gasteiger partial charge is 0.246 e. The monoisotopic (exact) mass is 264 g/mol. The summed E-state index contributed by atoms with van der Waals surface area (Å²) in [7, 11) is 1.92. The van der Waals surface area contributed by atoms with Crippen molar-refractivity contribution in [3.05, 3.63) is 18.2 Å². The lowest BCUT2D eigenvalue weighted by Gasteiger charge is -2.43. The predicted octanol–water partition coefficient (Wildman–Crippen LogP) is 0.0897. The number of rotatable bonds is 4. The molecule has 0 aliphatic carbocycles. The second kappa shape index (κ2) is 5.03. The molecule has 0 saturated carbocycles. The van der Waals surface area contributed by atoms with E-state index < -0.39 is 5.54 Å². The highest BCUT2D eigenvalue weighted by Gasteiger charge is 2.43. The number of nitrogens with one attached hydrogen (secondary N) is 1. The molecule has 1 aromatic rings. The van der Waals surface area contributed by atoms with Crippen LogP contribution in [0.4, 0.5) is 0 Å². The summed E-state index contributed by atoms with van der Waals surface area (Å²) in [5.74, 6) is 0.810. The van der Waals surface area contributed by atoms with E-state index in [1.807, 2.05) is 31.7 Å². The standard InChI is InChI=1S/C13H20N4O2/c1-4-13(2)12(19)15-9-11(18)17(13)7-5-10-14-6-8-16(10)3/h6,8H,4-5,7,9H2,1-3H3,(H,15,19). The lowest BCUT2D eigenvalue weighted by atomic mass is 9.92. The lowest BCUT2D eigenvalue weighted by molar-refractivity contribution is -0.152. The molecule has 6 heteroatoms. The SMILES string of the molecule is CCC1(C)C(=O)NCC(=O)N1CCc1nccn1C. The van der Waals surface area contributed by atoms with Crippen molar-refractivity contribution in [2.45, 2.75) is 32.2 Å². The third-order valence-electron chi connectivity index (χ3n) is 3.95. The average molecular weight is 264 g/mol. The van der Waals surface area contributed by atoms with Gasteiger partial charge in [-0.15, -0.1) is 0 Å². The van der Waals surface area contributed by atoms with Gasteiger partial charge >= 0.3 is 0 Å². The van der Waals surface area contributed by atoms with Crippen molar-refractivity contribution in [2.75, 3.05) is 13.1 Å². The first-order valence-corrected chi connectivity index (χ1v) is 6.54. The van der Waals surface area contributed by atoms with Gasteiger partial charge in [0.05, 0.1) is 6.54 Å². The van der Waals surface area contributed by atoms with Gasteiger partial charge in [-0.3, -0.25) is 9.59 Å². The fourth-order valence-electron chi connectivity index (χ4n) is 2.41. The molecule has 1 aliphatic rings. The van der Waals surface area contributed by atoms with Crippen molar-refractivity contribution >= 4 is 11.8 Å². The molecule has 0 radical (unpaired) electrons. The minimum Gasteiger partial charge on any atom is -0.345 e. The summed E-state index contributed by atoms with van der Waals surface area (Å²) in [6.07, 6.45) is 4.86. The average Bonchev–Trinajstić information content (AvgIpc) is 2.80. The molecule has 0 bridgehead atoms. The molecule has 0 spiro atoms. The predicted molar refractivity (Wildman–Crippen MR) is 70.3 cm³/mol. The van der Waals surface area contributed by atoms with Gasteiger partial charge in [-0.1, -0.05) is 6.92 Å².